The third-order valence-corrected chi connectivity index (χ3v) is 7.41. The number of aliphatic hydroxyl groups is 1. The molecule has 1 heterocycles. The summed E-state index contributed by atoms with van der Waals surface area (Å²) in [5.74, 6) is 0.618. The Morgan fingerprint density at radius 1 is 1.23 bits per heavy atom. The Kier molecular flexibility index (Phi) is 6.23. The van der Waals surface area contributed by atoms with Gasteiger partial charge in [-0.3, -0.25) is 4.90 Å². The number of β-amino-alcohol motifs (C(OH)–C–C–N with tert-alkyl or cyclic N) is 1. The maximum Gasteiger partial charge on any atom is 0.241 e. The van der Waals surface area contributed by atoms with E-state index in [1.54, 1.807) is 12.1 Å². The van der Waals surface area contributed by atoms with E-state index >= 15 is 0 Å². The molecule has 0 amide bonds. The van der Waals surface area contributed by atoms with Crippen molar-refractivity contribution in [2.45, 2.75) is 37.3 Å². The summed E-state index contributed by atoms with van der Waals surface area (Å²) in [6.45, 7) is 5.81. The lowest BCUT2D eigenvalue weighted by molar-refractivity contribution is 0.111. The maximum absolute atomic E-state index is 12.8. The first-order valence-corrected chi connectivity index (χ1v) is 11.4. The molecule has 1 fully saturated rings. The molecule has 7 heteroatoms. The largest absolute Gasteiger partial charge is 0.390 e. The first-order valence-electron chi connectivity index (χ1n) is 8.87. The molecule has 0 bridgehead atoms. The van der Waals surface area contributed by atoms with Gasteiger partial charge in [0.15, 0.2) is 0 Å². The third kappa shape index (κ3) is 4.39. The van der Waals surface area contributed by atoms with Gasteiger partial charge in [-0.05, 0) is 59.4 Å². The number of fused-ring (bicyclic) bond motifs is 1. The van der Waals surface area contributed by atoms with E-state index in [0.29, 0.717) is 23.9 Å². The minimum atomic E-state index is -3.69. The van der Waals surface area contributed by atoms with Crippen molar-refractivity contribution in [1.29, 1.82) is 0 Å². The van der Waals surface area contributed by atoms with Gasteiger partial charge in [0.25, 0.3) is 0 Å². The molecular formula is C19H25IN2O3S. The van der Waals surface area contributed by atoms with Gasteiger partial charge < -0.3 is 5.11 Å². The number of sulfonamides is 1. The molecule has 142 valence electrons. The Morgan fingerprint density at radius 3 is 2.62 bits per heavy atom. The Labute approximate surface area is 169 Å². The summed E-state index contributed by atoms with van der Waals surface area (Å²) >= 11 is 2.21. The van der Waals surface area contributed by atoms with Gasteiger partial charge in [0.05, 0.1) is 11.0 Å². The number of aliphatic hydroxyl groups excluding tert-OH is 1. The van der Waals surface area contributed by atoms with Crippen LogP contribution in [0.1, 0.15) is 20.3 Å². The molecule has 1 saturated heterocycles. The molecular weight excluding hydrogens is 463 g/mol. The van der Waals surface area contributed by atoms with Crippen LogP contribution in [0.3, 0.4) is 0 Å². The highest BCUT2D eigenvalue weighted by Gasteiger charge is 2.28. The van der Waals surface area contributed by atoms with Crippen molar-refractivity contribution in [2.75, 3.05) is 19.6 Å². The van der Waals surface area contributed by atoms with Gasteiger partial charge in [-0.15, -0.1) is 0 Å². The van der Waals surface area contributed by atoms with E-state index < -0.39 is 16.1 Å². The fraction of sp³-hybridized carbons (Fsp3) is 0.474. The normalized spacial score (nSPS) is 22.8. The minimum absolute atomic E-state index is 0.0141. The van der Waals surface area contributed by atoms with Crippen LogP contribution in [0.5, 0.6) is 0 Å². The van der Waals surface area contributed by atoms with Crippen molar-refractivity contribution >= 4 is 43.4 Å². The smallest absolute Gasteiger partial charge is 0.241 e. The number of likely N-dealkylation sites (tertiary alicyclic amines) is 1. The summed E-state index contributed by atoms with van der Waals surface area (Å²) in [7, 11) is -3.69. The summed E-state index contributed by atoms with van der Waals surface area (Å²) in [6.07, 6.45) is 0.389. The Bertz CT molecular complexity index is 887. The van der Waals surface area contributed by atoms with E-state index in [9.17, 15) is 13.5 Å². The zero-order valence-corrected chi connectivity index (χ0v) is 18.0. The fourth-order valence-corrected chi connectivity index (χ4v) is 5.71. The first-order chi connectivity index (χ1) is 12.3. The van der Waals surface area contributed by atoms with E-state index in [1.807, 2.05) is 24.3 Å². The van der Waals surface area contributed by atoms with Crippen molar-refractivity contribution in [1.82, 2.24) is 9.62 Å². The van der Waals surface area contributed by atoms with Crippen molar-refractivity contribution in [3.05, 3.63) is 40.0 Å². The highest BCUT2D eigenvalue weighted by Crippen LogP contribution is 2.26. The SMILES string of the molecule is CC1CC(C)N(C[C@@H](O)CNS(=O)(=O)c2cccc3c(I)cccc23)C1. The molecule has 1 aliphatic heterocycles. The fourth-order valence-electron chi connectivity index (χ4n) is 3.74. The van der Waals surface area contributed by atoms with Gasteiger partial charge in [0.2, 0.25) is 10.0 Å². The van der Waals surface area contributed by atoms with Gasteiger partial charge in [0, 0.05) is 34.6 Å². The van der Waals surface area contributed by atoms with Crippen molar-refractivity contribution in [3.63, 3.8) is 0 Å². The van der Waals surface area contributed by atoms with Crippen LogP contribution in [-0.2, 0) is 10.0 Å². The summed E-state index contributed by atoms with van der Waals surface area (Å²) in [5.41, 5.74) is 0. The third-order valence-electron chi connectivity index (χ3n) is 4.99. The van der Waals surface area contributed by atoms with E-state index in [1.165, 1.54) is 0 Å². The zero-order chi connectivity index (χ0) is 18.9. The molecule has 0 radical (unpaired) electrons. The summed E-state index contributed by atoms with van der Waals surface area (Å²) in [4.78, 5) is 2.48. The van der Waals surface area contributed by atoms with Crippen LogP contribution >= 0.6 is 22.6 Å². The van der Waals surface area contributed by atoms with Crippen LogP contribution in [0, 0.1) is 9.49 Å². The van der Waals surface area contributed by atoms with E-state index in [-0.39, 0.29) is 11.4 Å². The zero-order valence-electron chi connectivity index (χ0n) is 15.0. The number of hydrogen-bond donors (Lipinski definition) is 2. The topological polar surface area (TPSA) is 69.6 Å². The second kappa shape index (κ2) is 8.10. The molecule has 0 spiro atoms. The average Bonchev–Trinajstić information content (AvgIpc) is 2.90. The molecule has 2 unspecified atom stereocenters. The van der Waals surface area contributed by atoms with Crippen LogP contribution in [-0.4, -0.2) is 50.2 Å². The van der Waals surface area contributed by atoms with Crippen molar-refractivity contribution in [3.8, 4) is 0 Å². The Morgan fingerprint density at radius 2 is 1.92 bits per heavy atom. The molecule has 0 aliphatic carbocycles. The number of hydrogen-bond acceptors (Lipinski definition) is 4. The van der Waals surface area contributed by atoms with Crippen LogP contribution in [0.4, 0.5) is 0 Å². The van der Waals surface area contributed by atoms with Crippen molar-refractivity contribution < 1.29 is 13.5 Å². The molecule has 0 saturated carbocycles. The number of nitrogens with one attached hydrogen (secondary N) is 1. The highest BCUT2D eigenvalue weighted by atomic mass is 127. The number of nitrogens with zero attached hydrogens (tertiary/aromatic N) is 1. The molecule has 2 N–H and O–H groups in total. The quantitative estimate of drug-likeness (QED) is 0.614. The second-order valence-electron chi connectivity index (χ2n) is 7.24. The Balaban J connectivity index is 1.71. The van der Waals surface area contributed by atoms with Gasteiger partial charge in [0.1, 0.15) is 0 Å². The van der Waals surface area contributed by atoms with Crippen molar-refractivity contribution in [2.24, 2.45) is 5.92 Å². The van der Waals surface area contributed by atoms with Crippen LogP contribution in [0.25, 0.3) is 10.8 Å². The van der Waals surface area contributed by atoms with Crippen LogP contribution in [0.15, 0.2) is 41.3 Å². The molecule has 2 aromatic carbocycles. The maximum atomic E-state index is 12.8. The summed E-state index contributed by atoms with van der Waals surface area (Å²) < 4.78 is 29.1. The molecule has 2 aromatic rings. The average molecular weight is 488 g/mol. The predicted octanol–water partition coefficient (Wildman–Crippen LogP) is 2.81. The second-order valence-corrected chi connectivity index (χ2v) is 10.1. The van der Waals surface area contributed by atoms with E-state index in [2.05, 4.69) is 46.1 Å². The first kappa shape index (κ1) is 20.0. The number of rotatable bonds is 6. The predicted molar refractivity (Wildman–Crippen MR) is 113 cm³/mol. The summed E-state index contributed by atoms with van der Waals surface area (Å²) in [5, 5.41) is 11.9. The lowest BCUT2D eigenvalue weighted by atomic mass is 10.1. The van der Waals surface area contributed by atoms with Gasteiger partial charge in [-0.1, -0.05) is 31.2 Å². The van der Waals surface area contributed by atoms with Gasteiger partial charge >= 0.3 is 0 Å². The van der Waals surface area contributed by atoms with Gasteiger partial charge in [-0.25, -0.2) is 13.1 Å². The summed E-state index contributed by atoms with van der Waals surface area (Å²) in [6, 6.07) is 11.3. The number of benzene rings is 2. The molecule has 3 rings (SSSR count). The van der Waals surface area contributed by atoms with E-state index in [0.717, 1.165) is 21.9 Å². The lowest BCUT2D eigenvalue weighted by Gasteiger charge is -2.24. The van der Waals surface area contributed by atoms with E-state index in [4.69, 9.17) is 0 Å². The van der Waals surface area contributed by atoms with Gasteiger partial charge in [-0.2, -0.15) is 0 Å². The molecule has 3 atom stereocenters. The standard InChI is InChI=1S/C19H25IN2O3S/c1-13-9-14(2)22(11-13)12-15(23)10-21-26(24,25)19-8-4-5-16-17(19)6-3-7-18(16)20/h3-8,13-15,21,23H,9-12H2,1-2H3/t13?,14?,15-/m0/s1. The minimum Gasteiger partial charge on any atom is -0.390 e. The molecule has 5 nitrogen and oxygen atoms in total. The number of halogens is 1. The molecule has 0 aromatic heterocycles. The highest BCUT2D eigenvalue weighted by molar-refractivity contribution is 14.1. The lowest BCUT2D eigenvalue weighted by Crippen LogP contribution is -2.41. The monoisotopic (exact) mass is 488 g/mol. The van der Waals surface area contributed by atoms with Crippen LogP contribution in [0.2, 0.25) is 0 Å². The molecule has 26 heavy (non-hydrogen) atoms. The Hall–Kier alpha value is -0.740. The van der Waals surface area contributed by atoms with Crippen LogP contribution < -0.4 is 4.72 Å². The molecule has 1 aliphatic rings.